The normalized spacial score (nSPS) is 12.7. The molecule has 18 heavy (non-hydrogen) atoms. The predicted molar refractivity (Wildman–Crippen MR) is 75.5 cm³/mol. The molecule has 2 rings (SSSR count). The van der Waals surface area contributed by atoms with Gasteiger partial charge in [-0.05, 0) is 36.1 Å². The molecule has 1 heterocycles. The second kappa shape index (κ2) is 5.32. The van der Waals surface area contributed by atoms with Crippen LogP contribution in [0.15, 0.2) is 42.5 Å². The van der Waals surface area contributed by atoms with Crippen molar-refractivity contribution in [3.05, 3.63) is 65.0 Å². The van der Waals surface area contributed by atoms with E-state index in [0.717, 1.165) is 17.0 Å². The molecule has 1 unspecified atom stereocenters. The van der Waals surface area contributed by atoms with Gasteiger partial charge in [0.25, 0.3) is 0 Å². The molecule has 1 atom stereocenters. The lowest BCUT2D eigenvalue weighted by Gasteiger charge is -2.13. The summed E-state index contributed by atoms with van der Waals surface area (Å²) in [6, 6.07) is 14.3. The van der Waals surface area contributed by atoms with Crippen LogP contribution in [0.5, 0.6) is 0 Å². The summed E-state index contributed by atoms with van der Waals surface area (Å²) in [7, 11) is 0. The Kier molecular flexibility index (Phi) is 3.78. The molecule has 0 saturated carbocycles. The van der Waals surface area contributed by atoms with Crippen LogP contribution in [0.2, 0.25) is 0 Å². The van der Waals surface area contributed by atoms with Gasteiger partial charge in [0.1, 0.15) is 0 Å². The van der Waals surface area contributed by atoms with Gasteiger partial charge in [0.05, 0.1) is 11.7 Å². The van der Waals surface area contributed by atoms with E-state index >= 15 is 0 Å². The largest absolute Gasteiger partial charge is 0.319 e. The zero-order valence-electron chi connectivity index (χ0n) is 11.2. The molecule has 0 amide bonds. The molecule has 0 aliphatic carbocycles. The summed E-state index contributed by atoms with van der Waals surface area (Å²) < 4.78 is 0. The highest BCUT2D eigenvalue weighted by Crippen LogP contribution is 2.21. The Morgan fingerprint density at radius 2 is 1.56 bits per heavy atom. The van der Waals surface area contributed by atoms with E-state index in [1.807, 2.05) is 25.1 Å². The summed E-state index contributed by atoms with van der Waals surface area (Å²) in [5.41, 5.74) is 10.6. The highest BCUT2D eigenvalue weighted by Gasteiger charge is 2.10. The minimum Gasteiger partial charge on any atom is -0.319 e. The average molecular weight is 240 g/mol. The van der Waals surface area contributed by atoms with Gasteiger partial charge < -0.3 is 5.73 Å². The molecule has 2 N–H and O–H groups in total. The minimum absolute atomic E-state index is 0.147. The van der Waals surface area contributed by atoms with Gasteiger partial charge in [-0.2, -0.15) is 0 Å². The first-order valence-electron chi connectivity index (χ1n) is 6.37. The Hall–Kier alpha value is -1.67. The van der Waals surface area contributed by atoms with Crippen molar-refractivity contribution < 1.29 is 0 Å². The van der Waals surface area contributed by atoms with E-state index in [4.69, 9.17) is 5.73 Å². The third-order valence-corrected chi connectivity index (χ3v) is 3.19. The first kappa shape index (κ1) is 12.8. The fourth-order valence-electron chi connectivity index (χ4n) is 2.00. The topological polar surface area (TPSA) is 38.9 Å². The van der Waals surface area contributed by atoms with Gasteiger partial charge in [0.2, 0.25) is 0 Å². The van der Waals surface area contributed by atoms with Gasteiger partial charge in [0.15, 0.2) is 0 Å². The second-order valence-electron chi connectivity index (χ2n) is 5.00. The summed E-state index contributed by atoms with van der Waals surface area (Å²) in [6.45, 7) is 6.37. The van der Waals surface area contributed by atoms with Crippen molar-refractivity contribution in [3.8, 4) is 0 Å². The Bertz CT molecular complexity index is 515. The van der Waals surface area contributed by atoms with Gasteiger partial charge in [0, 0.05) is 5.69 Å². The van der Waals surface area contributed by atoms with E-state index in [2.05, 4.69) is 43.1 Å². The van der Waals surface area contributed by atoms with Gasteiger partial charge in [-0.25, -0.2) is 0 Å². The molecular formula is C16H20N2. The van der Waals surface area contributed by atoms with Crippen LogP contribution in [0.3, 0.4) is 0 Å². The molecular weight excluding hydrogens is 220 g/mol. The molecule has 0 aliphatic rings. The fraction of sp³-hybridized carbons (Fsp3) is 0.312. The molecule has 0 spiro atoms. The maximum absolute atomic E-state index is 6.25. The smallest absolute Gasteiger partial charge is 0.0726 e. The molecule has 1 aromatic heterocycles. The van der Waals surface area contributed by atoms with Crippen LogP contribution in [0, 0.1) is 6.92 Å². The van der Waals surface area contributed by atoms with Crippen LogP contribution in [0.25, 0.3) is 0 Å². The van der Waals surface area contributed by atoms with Crippen molar-refractivity contribution in [2.24, 2.45) is 5.73 Å². The van der Waals surface area contributed by atoms with E-state index in [-0.39, 0.29) is 6.04 Å². The van der Waals surface area contributed by atoms with Crippen molar-refractivity contribution in [2.75, 3.05) is 0 Å². The SMILES string of the molecule is Cc1cccc(C(N)c2ccc(C(C)C)cc2)n1. The average Bonchev–Trinajstić information content (AvgIpc) is 2.38. The van der Waals surface area contributed by atoms with Crippen LogP contribution in [0.4, 0.5) is 0 Å². The van der Waals surface area contributed by atoms with Crippen LogP contribution in [-0.2, 0) is 0 Å². The van der Waals surface area contributed by atoms with E-state index < -0.39 is 0 Å². The molecule has 0 saturated heterocycles. The number of pyridine rings is 1. The van der Waals surface area contributed by atoms with Crippen molar-refractivity contribution in [1.82, 2.24) is 4.98 Å². The highest BCUT2D eigenvalue weighted by molar-refractivity contribution is 5.31. The second-order valence-corrected chi connectivity index (χ2v) is 5.00. The van der Waals surface area contributed by atoms with Crippen LogP contribution < -0.4 is 5.73 Å². The lowest BCUT2D eigenvalue weighted by Crippen LogP contribution is -2.13. The number of aryl methyl sites for hydroxylation is 1. The maximum atomic E-state index is 6.25. The Labute approximate surface area is 109 Å². The molecule has 2 heteroatoms. The molecule has 94 valence electrons. The van der Waals surface area contributed by atoms with Crippen molar-refractivity contribution in [1.29, 1.82) is 0 Å². The first-order chi connectivity index (χ1) is 8.58. The number of nitrogens with zero attached hydrogens (tertiary/aromatic N) is 1. The number of aromatic nitrogens is 1. The molecule has 0 bridgehead atoms. The first-order valence-corrected chi connectivity index (χ1v) is 6.37. The van der Waals surface area contributed by atoms with Gasteiger partial charge in [-0.1, -0.05) is 44.2 Å². The van der Waals surface area contributed by atoms with Gasteiger partial charge in [-0.15, -0.1) is 0 Å². The number of nitrogens with two attached hydrogens (primary N) is 1. The molecule has 0 fully saturated rings. The van der Waals surface area contributed by atoms with Crippen molar-refractivity contribution in [3.63, 3.8) is 0 Å². The van der Waals surface area contributed by atoms with E-state index in [0.29, 0.717) is 5.92 Å². The Morgan fingerprint density at radius 3 is 2.11 bits per heavy atom. The predicted octanol–water partition coefficient (Wildman–Crippen LogP) is 3.56. The zero-order valence-corrected chi connectivity index (χ0v) is 11.2. The third-order valence-electron chi connectivity index (χ3n) is 3.19. The maximum Gasteiger partial charge on any atom is 0.0726 e. The third kappa shape index (κ3) is 2.77. The monoisotopic (exact) mass is 240 g/mol. The number of rotatable bonds is 3. The van der Waals surface area contributed by atoms with Crippen molar-refractivity contribution >= 4 is 0 Å². The summed E-state index contributed by atoms with van der Waals surface area (Å²) in [4.78, 5) is 4.48. The molecule has 2 aromatic rings. The van der Waals surface area contributed by atoms with Crippen LogP contribution in [-0.4, -0.2) is 4.98 Å². The zero-order chi connectivity index (χ0) is 13.1. The minimum atomic E-state index is -0.147. The van der Waals surface area contributed by atoms with Gasteiger partial charge in [-0.3, -0.25) is 4.98 Å². The van der Waals surface area contributed by atoms with Crippen LogP contribution >= 0.6 is 0 Å². The van der Waals surface area contributed by atoms with E-state index in [1.54, 1.807) is 0 Å². The molecule has 0 aliphatic heterocycles. The highest BCUT2D eigenvalue weighted by atomic mass is 14.8. The number of hydrogen-bond donors (Lipinski definition) is 1. The summed E-state index contributed by atoms with van der Waals surface area (Å²) in [5, 5.41) is 0. The number of benzene rings is 1. The Balaban J connectivity index is 2.26. The summed E-state index contributed by atoms with van der Waals surface area (Å²) >= 11 is 0. The molecule has 0 radical (unpaired) electrons. The quantitative estimate of drug-likeness (QED) is 0.891. The molecule has 1 aromatic carbocycles. The standard InChI is InChI=1S/C16H20N2/c1-11(2)13-7-9-14(10-8-13)16(17)15-6-4-5-12(3)18-15/h4-11,16H,17H2,1-3H3. The van der Waals surface area contributed by atoms with Crippen molar-refractivity contribution in [2.45, 2.75) is 32.7 Å². The van der Waals surface area contributed by atoms with E-state index in [1.165, 1.54) is 5.56 Å². The number of hydrogen-bond acceptors (Lipinski definition) is 2. The summed E-state index contributed by atoms with van der Waals surface area (Å²) in [5.74, 6) is 0.548. The lowest BCUT2D eigenvalue weighted by atomic mass is 9.98. The fourth-order valence-corrected chi connectivity index (χ4v) is 2.00. The summed E-state index contributed by atoms with van der Waals surface area (Å²) in [6.07, 6.45) is 0. The molecule has 2 nitrogen and oxygen atoms in total. The van der Waals surface area contributed by atoms with Crippen LogP contribution in [0.1, 0.15) is 48.3 Å². The Morgan fingerprint density at radius 1 is 0.944 bits per heavy atom. The van der Waals surface area contributed by atoms with Gasteiger partial charge >= 0.3 is 0 Å². The van der Waals surface area contributed by atoms with E-state index in [9.17, 15) is 0 Å². The lowest BCUT2D eigenvalue weighted by molar-refractivity contribution is 0.815.